The van der Waals surface area contributed by atoms with E-state index in [1.54, 1.807) is 0 Å². The van der Waals surface area contributed by atoms with E-state index in [2.05, 4.69) is 19.6 Å². The lowest BCUT2D eigenvalue weighted by Crippen LogP contribution is -1.98. The molecule has 2 heterocycles. The first-order chi connectivity index (χ1) is 10.6. The number of nitrogens with zero attached hydrogens (tertiary/aromatic N) is 4. The summed E-state index contributed by atoms with van der Waals surface area (Å²) in [6.45, 7) is 4.00. The highest BCUT2D eigenvalue weighted by Crippen LogP contribution is 2.27. The molecule has 0 saturated heterocycles. The number of hydrogen-bond acceptors (Lipinski definition) is 4. The molecule has 0 aliphatic heterocycles. The summed E-state index contributed by atoms with van der Waals surface area (Å²) in [5.41, 5.74) is 12.3. The maximum absolute atomic E-state index is 5.95. The third-order valence-electron chi connectivity index (χ3n) is 3.90. The van der Waals surface area contributed by atoms with Gasteiger partial charge in [0.2, 0.25) is 0 Å². The van der Waals surface area contributed by atoms with Gasteiger partial charge in [0.05, 0.1) is 16.7 Å². The molecule has 2 aromatic carbocycles. The minimum Gasteiger partial charge on any atom is -0.399 e. The van der Waals surface area contributed by atoms with Crippen LogP contribution < -0.4 is 5.73 Å². The molecule has 108 valence electrons. The summed E-state index contributed by atoms with van der Waals surface area (Å²) in [6.07, 6.45) is 0. The van der Waals surface area contributed by atoms with Crippen LogP contribution >= 0.6 is 0 Å². The standard InChI is InChI=1S/C17H15N5/c1-10-7-8-12(18)9-13(10)17-21-20-16-11(2)19-14-5-3-4-6-15(14)22(16)17/h3-9H,18H2,1-2H3. The monoisotopic (exact) mass is 289 g/mol. The molecular weight excluding hydrogens is 274 g/mol. The van der Waals surface area contributed by atoms with Gasteiger partial charge in [0, 0.05) is 11.3 Å². The first-order valence-corrected chi connectivity index (χ1v) is 7.12. The van der Waals surface area contributed by atoms with E-state index in [4.69, 9.17) is 5.73 Å². The summed E-state index contributed by atoms with van der Waals surface area (Å²) in [5, 5.41) is 8.72. The van der Waals surface area contributed by atoms with Crippen molar-refractivity contribution in [2.24, 2.45) is 0 Å². The van der Waals surface area contributed by atoms with Gasteiger partial charge in [0.25, 0.3) is 0 Å². The largest absolute Gasteiger partial charge is 0.399 e. The lowest BCUT2D eigenvalue weighted by Gasteiger charge is -2.08. The van der Waals surface area contributed by atoms with E-state index in [1.807, 2.05) is 56.3 Å². The average molecular weight is 289 g/mol. The molecule has 0 saturated carbocycles. The van der Waals surface area contributed by atoms with E-state index in [0.29, 0.717) is 5.69 Å². The summed E-state index contributed by atoms with van der Waals surface area (Å²) in [6, 6.07) is 13.8. The molecule has 5 heteroatoms. The first-order valence-electron chi connectivity index (χ1n) is 7.12. The summed E-state index contributed by atoms with van der Waals surface area (Å²) in [5.74, 6) is 0.793. The van der Waals surface area contributed by atoms with Crippen LogP contribution in [0.4, 0.5) is 5.69 Å². The highest BCUT2D eigenvalue weighted by molar-refractivity contribution is 5.81. The highest BCUT2D eigenvalue weighted by atomic mass is 15.3. The van der Waals surface area contributed by atoms with Gasteiger partial charge in [0.1, 0.15) is 0 Å². The molecule has 5 nitrogen and oxygen atoms in total. The van der Waals surface area contributed by atoms with Crippen LogP contribution in [0.1, 0.15) is 11.3 Å². The van der Waals surface area contributed by atoms with Crippen molar-refractivity contribution in [3.8, 4) is 11.4 Å². The van der Waals surface area contributed by atoms with Crippen LogP contribution in [-0.4, -0.2) is 19.6 Å². The van der Waals surface area contributed by atoms with E-state index in [9.17, 15) is 0 Å². The first kappa shape index (κ1) is 12.8. The maximum atomic E-state index is 5.95. The van der Waals surface area contributed by atoms with Gasteiger partial charge in [-0.2, -0.15) is 0 Å². The van der Waals surface area contributed by atoms with Crippen molar-refractivity contribution >= 4 is 22.4 Å². The maximum Gasteiger partial charge on any atom is 0.183 e. The number of para-hydroxylation sites is 2. The second kappa shape index (κ2) is 4.53. The van der Waals surface area contributed by atoms with Gasteiger partial charge in [-0.25, -0.2) is 4.98 Å². The molecule has 0 spiro atoms. The molecule has 0 fully saturated rings. The van der Waals surface area contributed by atoms with Gasteiger partial charge in [-0.05, 0) is 43.7 Å². The number of aryl methyl sites for hydroxylation is 2. The molecule has 0 unspecified atom stereocenters. The Morgan fingerprint density at radius 2 is 1.82 bits per heavy atom. The Kier molecular flexibility index (Phi) is 2.63. The van der Waals surface area contributed by atoms with Crippen LogP contribution in [0.15, 0.2) is 42.5 Å². The number of rotatable bonds is 1. The van der Waals surface area contributed by atoms with Gasteiger partial charge < -0.3 is 5.73 Å². The molecule has 0 aliphatic rings. The molecule has 0 aliphatic carbocycles. The minimum absolute atomic E-state index is 0.715. The van der Waals surface area contributed by atoms with Crippen LogP contribution in [0.2, 0.25) is 0 Å². The van der Waals surface area contributed by atoms with Crippen molar-refractivity contribution in [1.82, 2.24) is 19.6 Å². The van der Waals surface area contributed by atoms with Crippen molar-refractivity contribution in [2.75, 3.05) is 5.73 Å². The second-order valence-corrected chi connectivity index (χ2v) is 5.44. The predicted molar refractivity (Wildman–Crippen MR) is 87.6 cm³/mol. The van der Waals surface area contributed by atoms with Crippen molar-refractivity contribution in [2.45, 2.75) is 13.8 Å². The summed E-state index contributed by atoms with van der Waals surface area (Å²) in [4.78, 5) is 4.60. The number of fused-ring (bicyclic) bond motifs is 3. The Morgan fingerprint density at radius 1 is 1.00 bits per heavy atom. The molecule has 4 aromatic rings. The molecular formula is C17H15N5. The fourth-order valence-electron chi connectivity index (χ4n) is 2.78. The number of aromatic nitrogens is 4. The predicted octanol–water partition coefficient (Wildman–Crippen LogP) is 3.14. The Labute approximate surface area is 127 Å². The fraction of sp³-hybridized carbons (Fsp3) is 0.118. The number of anilines is 1. The van der Waals surface area contributed by atoms with Crippen LogP contribution in [0.25, 0.3) is 28.1 Å². The summed E-state index contributed by atoms with van der Waals surface area (Å²) < 4.78 is 2.05. The molecule has 22 heavy (non-hydrogen) atoms. The Bertz CT molecular complexity index is 1020. The fourth-order valence-corrected chi connectivity index (χ4v) is 2.78. The van der Waals surface area contributed by atoms with Crippen molar-refractivity contribution in [3.63, 3.8) is 0 Å². The van der Waals surface area contributed by atoms with E-state index in [0.717, 1.165) is 39.3 Å². The van der Waals surface area contributed by atoms with E-state index in [1.165, 1.54) is 0 Å². The van der Waals surface area contributed by atoms with E-state index in [-0.39, 0.29) is 0 Å². The van der Waals surface area contributed by atoms with E-state index >= 15 is 0 Å². The molecule has 2 aromatic heterocycles. The van der Waals surface area contributed by atoms with Gasteiger partial charge >= 0.3 is 0 Å². The third kappa shape index (κ3) is 1.75. The van der Waals surface area contributed by atoms with Crippen LogP contribution in [-0.2, 0) is 0 Å². The zero-order chi connectivity index (χ0) is 15.3. The molecule has 0 radical (unpaired) electrons. The normalized spacial score (nSPS) is 11.4. The summed E-state index contributed by atoms with van der Waals surface area (Å²) >= 11 is 0. The molecule has 2 N–H and O–H groups in total. The lowest BCUT2D eigenvalue weighted by molar-refractivity contribution is 1.11. The molecule has 0 atom stereocenters. The SMILES string of the molecule is Cc1ccc(N)cc1-c1nnc2c(C)nc3ccccc3n12. The Morgan fingerprint density at radius 3 is 2.68 bits per heavy atom. The summed E-state index contributed by atoms with van der Waals surface area (Å²) in [7, 11) is 0. The zero-order valence-corrected chi connectivity index (χ0v) is 12.4. The Balaban J connectivity index is 2.18. The van der Waals surface area contributed by atoms with Crippen LogP contribution in [0.3, 0.4) is 0 Å². The van der Waals surface area contributed by atoms with Gasteiger partial charge in [-0.1, -0.05) is 18.2 Å². The third-order valence-corrected chi connectivity index (χ3v) is 3.90. The number of hydrogen-bond donors (Lipinski definition) is 1. The minimum atomic E-state index is 0.715. The second-order valence-electron chi connectivity index (χ2n) is 5.44. The number of benzene rings is 2. The van der Waals surface area contributed by atoms with E-state index < -0.39 is 0 Å². The van der Waals surface area contributed by atoms with Crippen molar-refractivity contribution in [1.29, 1.82) is 0 Å². The Hall–Kier alpha value is -2.95. The molecule has 4 rings (SSSR count). The molecule has 0 bridgehead atoms. The zero-order valence-electron chi connectivity index (χ0n) is 12.4. The van der Waals surface area contributed by atoms with Crippen LogP contribution in [0.5, 0.6) is 0 Å². The van der Waals surface area contributed by atoms with Crippen molar-refractivity contribution in [3.05, 3.63) is 53.7 Å². The van der Waals surface area contributed by atoms with Gasteiger partial charge in [-0.15, -0.1) is 10.2 Å². The molecule has 0 amide bonds. The van der Waals surface area contributed by atoms with Gasteiger partial charge in [0.15, 0.2) is 11.5 Å². The van der Waals surface area contributed by atoms with Gasteiger partial charge in [-0.3, -0.25) is 4.40 Å². The lowest BCUT2D eigenvalue weighted by atomic mass is 10.1. The highest BCUT2D eigenvalue weighted by Gasteiger charge is 2.15. The number of nitrogens with two attached hydrogens (primary N) is 1. The number of nitrogen functional groups attached to an aromatic ring is 1. The topological polar surface area (TPSA) is 69.1 Å². The quantitative estimate of drug-likeness (QED) is 0.546. The smallest absolute Gasteiger partial charge is 0.183 e. The average Bonchev–Trinajstić information content (AvgIpc) is 2.95. The van der Waals surface area contributed by atoms with Crippen molar-refractivity contribution < 1.29 is 0 Å². The van der Waals surface area contributed by atoms with Crippen LogP contribution in [0, 0.1) is 13.8 Å².